The highest BCUT2D eigenvalue weighted by atomic mass is 32.2. The summed E-state index contributed by atoms with van der Waals surface area (Å²) in [7, 11) is 3.20. The minimum Gasteiger partial charge on any atom is -0.469 e. The van der Waals surface area contributed by atoms with Crippen LogP contribution in [0, 0.1) is 5.92 Å². The van der Waals surface area contributed by atoms with E-state index in [1.807, 2.05) is 6.07 Å². The van der Waals surface area contributed by atoms with Crippen LogP contribution in [0.25, 0.3) is 22.2 Å². The summed E-state index contributed by atoms with van der Waals surface area (Å²) in [4.78, 5) is 15.5. The molecular weight excluding hydrogens is 408 g/mol. The Kier molecular flexibility index (Phi) is 9.00. The number of carbonyl (C=O) groups is 1. The molecule has 1 heterocycles. The summed E-state index contributed by atoms with van der Waals surface area (Å²) in [5.41, 5.74) is 4.72. The molecule has 0 bridgehead atoms. The van der Waals surface area contributed by atoms with Gasteiger partial charge in [-0.2, -0.15) is 0 Å². The van der Waals surface area contributed by atoms with Crippen LogP contribution in [-0.4, -0.2) is 31.8 Å². The highest BCUT2D eigenvalue weighted by molar-refractivity contribution is 7.97. The van der Waals surface area contributed by atoms with E-state index in [9.17, 15) is 4.79 Å². The SMILES string of the molecule is COC(=O)C1CCCCC1.COCCc1ccc(-c2cc3ccc(SN)cc3[nH]2)cc1. The standard InChI is InChI=1S/C17H18N2OS.C8H14O2/c1-20-9-8-12-2-4-13(5-3-12)16-10-14-6-7-15(21-18)11-17(14)19-16;1-10-8(9)7-5-3-2-4-6-7/h2-7,10-11,19H,8-9,18H2,1H3;7H,2-6H2,1H3. The molecule has 3 N–H and O–H groups in total. The first kappa shape index (κ1) is 23.4. The number of carbonyl (C=O) groups excluding carboxylic acids is 1. The molecule has 2 aromatic carbocycles. The zero-order valence-electron chi connectivity index (χ0n) is 18.4. The van der Waals surface area contributed by atoms with Crippen molar-refractivity contribution in [3.63, 3.8) is 0 Å². The molecule has 0 amide bonds. The monoisotopic (exact) mass is 440 g/mol. The zero-order chi connectivity index (χ0) is 22.1. The smallest absolute Gasteiger partial charge is 0.308 e. The Balaban J connectivity index is 0.000000229. The van der Waals surface area contributed by atoms with Crippen LogP contribution in [0.5, 0.6) is 0 Å². The summed E-state index contributed by atoms with van der Waals surface area (Å²) in [5, 5.41) is 6.81. The van der Waals surface area contributed by atoms with E-state index in [0.717, 1.165) is 42.0 Å². The number of aromatic amines is 1. The Bertz CT molecular complexity index is 963. The molecule has 166 valence electrons. The van der Waals surface area contributed by atoms with Crippen LogP contribution in [0.2, 0.25) is 0 Å². The van der Waals surface area contributed by atoms with Crippen LogP contribution in [0.1, 0.15) is 37.7 Å². The summed E-state index contributed by atoms with van der Waals surface area (Å²) in [5.74, 6) is 0.193. The van der Waals surface area contributed by atoms with E-state index >= 15 is 0 Å². The molecule has 31 heavy (non-hydrogen) atoms. The molecule has 1 aliphatic rings. The van der Waals surface area contributed by atoms with Crippen LogP contribution in [-0.2, 0) is 20.7 Å². The van der Waals surface area contributed by atoms with E-state index in [2.05, 4.69) is 52.2 Å². The fraction of sp³-hybridized carbons (Fsp3) is 0.400. The maximum atomic E-state index is 10.9. The number of nitrogens with two attached hydrogens (primary N) is 1. The lowest BCUT2D eigenvalue weighted by atomic mass is 9.89. The molecule has 3 aromatic rings. The van der Waals surface area contributed by atoms with Gasteiger partial charge in [0, 0.05) is 28.6 Å². The first-order valence-corrected chi connectivity index (χ1v) is 11.7. The van der Waals surface area contributed by atoms with Gasteiger partial charge in [0.15, 0.2) is 0 Å². The predicted octanol–water partition coefficient (Wildman–Crippen LogP) is 5.73. The van der Waals surface area contributed by atoms with Gasteiger partial charge in [-0.15, -0.1) is 0 Å². The molecule has 1 saturated carbocycles. The van der Waals surface area contributed by atoms with Gasteiger partial charge >= 0.3 is 5.97 Å². The summed E-state index contributed by atoms with van der Waals surface area (Å²) in [6.45, 7) is 0.755. The van der Waals surface area contributed by atoms with Gasteiger partial charge in [-0.25, -0.2) is 0 Å². The number of hydrogen-bond acceptors (Lipinski definition) is 5. The van der Waals surface area contributed by atoms with Crippen molar-refractivity contribution in [2.24, 2.45) is 11.1 Å². The maximum Gasteiger partial charge on any atom is 0.308 e. The summed E-state index contributed by atoms with van der Waals surface area (Å²) < 4.78 is 9.75. The fourth-order valence-electron chi connectivity index (χ4n) is 3.91. The Morgan fingerprint density at radius 1 is 1.06 bits per heavy atom. The number of hydrogen-bond donors (Lipinski definition) is 2. The van der Waals surface area contributed by atoms with E-state index in [0.29, 0.717) is 0 Å². The maximum absolute atomic E-state index is 10.9. The van der Waals surface area contributed by atoms with Gasteiger partial charge in [-0.3, -0.25) is 9.93 Å². The molecule has 5 nitrogen and oxygen atoms in total. The number of nitrogens with one attached hydrogen (secondary N) is 1. The number of methoxy groups -OCH3 is 2. The largest absolute Gasteiger partial charge is 0.469 e. The van der Waals surface area contributed by atoms with E-state index in [1.165, 1.54) is 54.8 Å². The number of fused-ring (bicyclic) bond motifs is 1. The van der Waals surface area contributed by atoms with Crippen LogP contribution in [0.3, 0.4) is 0 Å². The van der Waals surface area contributed by atoms with Crippen molar-refractivity contribution < 1.29 is 14.3 Å². The molecule has 4 rings (SSSR count). The van der Waals surface area contributed by atoms with Crippen molar-refractivity contribution in [1.29, 1.82) is 0 Å². The fourth-order valence-corrected chi connectivity index (χ4v) is 4.24. The number of aromatic nitrogens is 1. The van der Waals surface area contributed by atoms with E-state index < -0.39 is 0 Å². The zero-order valence-corrected chi connectivity index (χ0v) is 19.2. The Hall–Kier alpha value is -2.28. The van der Waals surface area contributed by atoms with Crippen molar-refractivity contribution in [2.75, 3.05) is 20.8 Å². The molecule has 1 fully saturated rings. The first-order chi connectivity index (χ1) is 15.1. The molecule has 0 atom stereocenters. The quantitative estimate of drug-likeness (QED) is 0.378. The molecule has 0 unspecified atom stereocenters. The first-order valence-electron chi connectivity index (χ1n) is 10.8. The van der Waals surface area contributed by atoms with Crippen molar-refractivity contribution in [3.8, 4) is 11.3 Å². The summed E-state index contributed by atoms with van der Waals surface area (Å²) in [6, 6.07) is 17.0. The van der Waals surface area contributed by atoms with Crippen LogP contribution in [0.4, 0.5) is 0 Å². The topological polar surface area (TPSA) is 77.3 Å². The second kappa shape index (κ2) is 11.9. The van der Waals surface area contributed by atoms with Gasteiger partial charge in [-0.05, 0) is 60.5 Å². The minimum absolute atomic E-state index is 0.0142. The van der Waals surface area contributed by atoms with Crippen molar-refractivity contribution in [2.45, 2.75) is 43.4 Å². The molecule has 0 spiro atoms. The van der Waals surface area contributed by atoms with E-state index in [4.69, 9.17) is 9.88 Å². The minimum atomic E-state index is -0.0142. The number of ether oxygens (including phenoxy) is 2. The third-order valence-electron chi connectivity index (χ3n) is 5.73. The van der Waals surface area contributed by atoms with Gasteiger partial charge < -0.3 is 14.5 Å². The van der Waals surface area contributed by atoms with E-state index in [1.54, 1.807) is 7.11 Å². The molecular formula is C25H32N2O3S. The Morgan fingerprint density at radius 3 is 2.45 bits per heavy atom. The lowest BCUT2D eigenvalue weighted by Crippen LogP contribution is -2.18. The second-order valence-corrected chi connectivity index (χ2v) is 8.55. The highest BCUT2D eigenvalue weighted by Crippen LogP contribution is 2.27. The molecule has 6 heteroatoms. The predicted molar refractivity (Wildman–Crippen MR) is 128 cm³/mol. The molecule has 0 saturated heterocycles. The number of esters is 1. The van der Waals surface area contributed by atoms with E-state index in [-0.39, 0.29) is 11.9 Å². The average molecular weight is 441 g/mol. The van der Waals surface area contributed by atoms with Gasteiger partial charge in [-0.1, -0.05) is 49.6 Å². The second-order valence-electron chi connectivity index (χ2n) is 7.85. The number of benzene rings is 2. The van der Waals surface area contributed by atoms with Gasteiger partial charge in [0.25, 0.3) is 0 Å². The lowest BCUT2D eigenvalue weighted by molar-refractivity contribution is -0.146. The van der Waals surface area contributed by atoms with Gasteiger partial charge in [0.2, 0.25) is 0 Å². The molecule has 1 aromatic heterocycles. The molecule has 0 aliphatic heterocycles. The number of H-pyrrole nitrogens is 1. The van der Waals surface area contributed by atoms with Crippen LogP contribution >= 0.6 is 11.9 Å². The van der Waals surface area contributed by atoms with Crippen molar-refractivity contribution in [1.82, 2.24) is 4.98 Å². The molecule has 0 radical (unpaired) electrons. The Labute approximate surface area is 188 Å². The van der Waals surface area contributed by atoms with Crippen LogP contribution < -0.4 is 5.14 Å². The third kappa shape index (κ3) is 6.60. The van der Waals surface area contributed by atoms with Gasteiger partial charge in [0.05, 0.1) is 19.6 Å². The highest BCUT2D eigenvalue weighted by Gasteiger charge is 2.20. The third-order valence-corrected chi connectivity index (χ3v) is 6.26. The normalized spacial score (nSPS) is 14.2. The van der Waals surface area contributed by atoms with Gasteiger partial charge in [0.1, 0.15) is 0 Å². The van der Waals surface area contributed by atoms with Crippen LogP contribution in [0.15, 0.2) is 53.4 Å². The summed E-state index contributed by atoms with van der Waals surface area (Å²) >= 11 is 1.27. The lowest BCUT2D eigenvalue weighted by Gasteiger charge is -2.18. The number of rotatable bonds is 6. The van der Waals surface area contributed by atoms with Crippen molar-refractivity contribution in [3.05, 3.63) is 54.1 Å². The molecule has 1 aliphatic carbocycles. The summed E-state index contributed by atoms with van der Waals surface area (Å²) in [6.07, 6.45) is 6.69. The van der Waals surface area contributed by atoms with Crippen molar-refractivity contribution >= 4 is 28.8 Å². The average Bonchev–Trinajstić information content (AvgIpc) is 3.27. The Morgan fingerprint density at radius 2 is 1.81 bits per heavy atom.